The van der Waals surface area contributed by atoms with Crippen molar-refractivity contribution < 1.29 is 9.50 Å². The van der Waals surface area contributed by atoms with Crippen molar-refractivity contribution in [3.8, 4) is 0 Å². The molecule has 1 aromatic carbocycles. The Morgan fingerprint density at radius 2 is 2.00 bits per heavy atom. The van der Waals surface area contributed by atoms with E-state index in [1.807, 2.05) is 0 Å². The van der Waals surface area contributed by atoms with E-state index < -0.39 is 6.10 Å². The highest BCUT2D eigenvalue weighted by Crippen LogP contribution is 2.21. The van der Waals surface area contributed by atoms with Gasteiger partial charge in [0.2, 0.25) is 0 Å². The Balaban J connectivity index is 1.79. The molecule has 1 N–H and O–H groups in total. The van der Waals surface area contributed by atoms with Gasteiger partial charge in [-0.3, -0.25) is 0 Å². The molecule has 0 radical (unpaired) electrons. The number of aliphatic hydroxyl groups is 1. The zero-order valence-electron chi connectivity index (χ0n) is 13.1. The van der Waals surface area contributed by atoms with Crippen LogP contribution >= 0.6 is 0 Å². The number of likely N-dealkylation sites (tertiary alicyclic amines) is 1. The van der Waals surface area contributed by atoms with Gasteiger partial charge in [0.05, 0.1) is 6.10 Å². The first-order valence-corrected chi connectivity index (χ1v) is 7.97. The first-order valence-electron chi connectivity index (χ1n) is 7.97. The molecule has 1 saturated heterocycles. The number of benzene rings is 1. The normalized spacial score (nSPS) is 19.1. The van der Waals surface area contributed by atoms with Gasteiger partial charge in [-0.25, -0.2) is 4.39 Å². The van der Waals surface area contributed by atoms with Crippen LogP contribution in [0.4, 0.5) is 4.39 Å². The molecule has 0 spiro atoms. The highest BCUT2D eigenvalue weighted by molar-refractivity contribution is 5.19. The minimum absolute atomic E-state index is 0.316. The molecule has 1 heterocycles. The van der Waals surface area contributed by atoms with Crippen molar-refractivity contribution in [2.45, 2.75) is 38.3 Å². The lowest BCUT2D eigenvalue weighted by Crippen LogP contribution is -2.43. The number of aliphatic hydroxyl groups excluding tert-OH is 1. The van der Waals surface area contributed by atoms with Crippen LogP contribution in [0.5, 0.6) is 0 Å². The quantitative estimate of drug-likeness (QED) is 0.874. The summed E-state index contributed by atoms with van der Waals surface area (Å²) in [6.45, 7) is 6.44. The first kappa shape index (κ1) is 16.4. The van der Waals surface area contributed by atoms with Gasteiger partial charge in [-0.15, -0.1) is 0 Å². The predicted molar refractivity (Wildman–Crippen MR) is 83.7 cm³/mol. The summed E-state index contributed by atoms with van der Waals surface area (Å²) >= 11 is 0. The maximum Gasteiger partial charge on any atom is 0.128 e. The highest BCUT2D eigenvalue weighted by Gasteiger charge is 2.22. The Hall–Kier alpha value is -0.970. The highest BCUT2D eigenvalue weighted by atomic mass is 19.1. The molecule has 0 saturated carbocycles. The second-order valence-corrected chi connectivity index (χ2v) is 5.97. The molecule has 1 unspecified atom stereocenters. The summed E-state index contributed by atoms with van der Waals surface area (Å²) in [5, 5.41) is 10.2. The Bertz CT molecular complexity index is 433. The molecule has 1 atom stereocenters. The number of halogens is 1. The van der Waals surface area contributed by atoms with Crippen LogP contribution in [-0.2, 0) is 0 Å². The van der Waals surface area contributed by atoms with Crippen LogP contribution in [0.25, 0.3) is 0 Å². The third kappa shape index (κ3) is 4.50. The molecule has 1 fully saturated rings. The van der Waals surface area contributed by atoms with Crippen molar-refractivity contribution in [2.24, 2.45) is 0 Å². The third-order valence-electron chi connectivity index (χ3n) is 4.65. The van der Waals surface area contributed by atoms with Gasteiger partial charge in [-0.1, -0.05) is 25.1 Å². The van der Waals surface area contributed by atoms with Crippen LogP contribution < -0.4 is 0 Å². The lowest BCUT2D eigenvalue weighted by molar-refractivity contribution is 0.103. The first-order chi connectivity index (χ1) is 10.1. The predicted octanol–water partition coefficient (Wildman–Crippen LogP) is 2.67. The lowest BCUT2D eigenvalue weighted by atomic mass is 10.0. The molecule has 0 amide bonds. The summed E-state index contributed by atoms with van der Waals surface area (Å²) < 4.78 is 13.6. The van der Waals surface area contributed by atoms with E-state index in [0.717, 1.165) is 26.2 Å². The van der Waals surface area contributed by atoms with E-state index in [9.17, 15) is 9.50 Å². The minimum atomic E-state index is -0.718. The van der Waals surface area contributed by atoms with E-state index in [-0.39, 0.29) is 5.82 Å². The number of nitrogens with zero attached hydrogens (tertiary/aromatic N) is 2. The number of hydrogen-bond donors (Lipinski definition) is 1. The van der Waals surface area contributed by atoms with Gasteiger partial charge < -0.3 is 14.9 Å². The average Bonchev–Trinajstić information content (AvgIpc) is 2.52. The molecule has 0 bridgehead atoms. The second kappa shape index (κ2) is 7.87. The van der Waals surface area contributed by atoms with Crippen molar-refractivity contribution in [3.05, 3.63) is 35.6 Å². The molecule has 4 heteroatoms. The zero-order valence-corrected chi connectivity index (χ0v) is 13.1. The van der Waals surface area contributed by atoms with Crippen LogP contribution in [0.15, 0.2) is 24.3 Å². The fraction of sp³-hybridized carbons (Fsp3) is 0.647. The Kier molecular flexibility index (Phi) is 6.15. The van der Waals surface area contributed by atoms with Gasteiger partial charge in [0.25, 0.3) is 0 Å². The smallest absolute Gasteiger partial charge is 0.128 e. The van der Waals surface area contributed by atoms with Gasteiger partial charge in [0.1, 0.15) is 5.82 Å². The Morgan fingerprint density at radius 1 is 1.33 bits per heavy atom. The number of hydrogen-bond acceptors (Lipinski definition) is 3. The van der Waals surface area contributed by atoms with Crippen molar-refractivity contribution >= 4 is 0 Å². The summed E-state index contributed by atoms with van der Waals surface area (Å²) in [5.41, 5.74) is 0.409. The molecule has 21 heavy (non-hydrogen) atoms. The molecule has 1 aromatic rings. The molecule has 0 aromatic heterocycles. The van der Waals surface area contributed by atoms with Crippen molar-refractivity contribution in [1.29, 1.82) is 0 Å². The van der Waals surface area contributed by atoms with E-state index in [4.69, 9.17) is 0 Å². The number of rotatable bonds is 6. The van der Waals surface area contributed by atoms with Crippen LogP contribution in [0.3, 0.4) is 0 Å². The fourth-order valence-corrected chi connectivity index (χ4v) is 3.09. The summed E-state index contributed by atoms with van der Waals surface area (Å²) in [6, 6.07) is 7.08. The van der Waals surface area contributed by atoms with Crippen molar-refractivity contribution in [1.82, 2.24) is 9.80 Å². The standard InChI is InChI=1S/C17H27FN2O/c1-3-20-12-8-14(9-13-20)19(2)11-10-17(21)15-6-4-5-7-16(15)18/h4-7,14,17,21H,3,8-13H2,1-2H3. The summed E-state index contributed by atoms with van der Waals surface area (Å²) in [7, 11) is 2.11. The van der Waals surface area contributed by atoms with E-state index in [1.165, 1.54) is 18.9 Å². The van der Waals surface area contributed by atoms with Crippen molar-refractivity contribution in [2.75, 3.05) is 33.2 Å². The monoisotopic (exact) mass is 294 g/mol. The maximum atomic E-state index is 13.6. The topological polar surface area (TPSA) is 26.7 Å². The van der Waals surface area contributed by atoms with E-state index in [1.54, 1.807) is 18.2 Å². The van der Waals surface area contributed by atoms with Crippen LogP contribution in [0.2, 0.25) is 0 Å². The molecule has 118 valence electrons. The van der Waals surface area contributed by atoms with Gasteiger partial charge in [0.15, 0.2) is 0 Å². The van der Waals surface area contributed by atoms with Crippen LogP contribution in [0, 0.1) is 5.82 Å². The minimum Gasteiger partial charge on any atom is -0.388 e. The van der Waals surface area contributed by atoms with Gasteiger partial charge in [-0.2, -0.15) is 0 Å². The van der Waals surface area contributed by atoms with E-state index in [2.05, 4.69) is 23.8 Å². The van der Waals surface area contributed by atoms with E-state index >= 15 is 0 Å². The number of piperidine rings is 1. The summed E-state index contributed by atoms with van der Waals surface area (Å²) in [6.07, 6.45) is 2.22. The molecular formula is C17H27FN2O. The van der Waals surface area contributed by atoms with Crippen LogP contribution in [-0.4, -0.2) is 54.2 Å². The lowest BCUT2D eigenvalue weighted by Gasteiger charge is -2.36. The molecule has 1 aliphatic heterocycles. The van der Waals surface area contributed by atoms with E-state index in [0.29, 0.717) is 18.0 Å². The van der Waals surface area contributed by atoms with Gasteiger partial charge in [-0.05, 0) is 52.0 Å². The molecule has 3 nitrogen and oxygen atoms in total. The molecule has 0 aliphatic carbocycles. The Labute approximate surface area is 127 Å². The Morgan fingerprint density at radius 3 is 2.62 bits per heavy atom. The van der Waals surface area contributed by atoms with Crippen LogP contribution in [0.1, 0.15) is 37.9 Å². The third-order valence-corrected chi connectivity index (χ3v) is 4.65. The SMILES string of the molecule is CCN1CCC(N(C)CCC(O)c2ccccc2F)CC1. The van der Waals surface area contributed by atoms with Crippen molar-refractivity contribution in [3.63, 3.8) is 0 Å². The summed E-state index contributed by atoms with van der Waals surface area (Å²) in [5.74, 6) is -0.316. The molecular weight excluding hydrogens is 267 g/mol. The van der Waals surface area contributed by atoms with Gasteiger partial charge >= 0.3 is 0 Å². The largest absolute Gasteiger partial charge is 0.388 e. The summed E-state index contributed by atoms with van der Waals surface area (Å²) in [4.78, 5) is 4.79. The molecule has 2 rings (SSSR count). The molecule has 1 aliphatic rings. The fourth-order valence-electron chi connectivity index (χ4n) is 3.09. The maximum absolute atomic E-state index is 13.6. The average molecular weight is 294 g/mol. The van der Waals surface area contributed by atoms with Gasteiger partial charge in [0, 0.05) is 18.2 Å². The zero-order chi connectivity index (χ0) is 15.2. The second-order valence-electron chi connectivity index (χ2n) is 5.97.